The van der Waals surface area contributed by atoms with Gasteiger partial charge in [0.25, 0.3) is 5.56 Å². The van der Waals surface area contributed by atoms with Crippen LogP contribution in [0.2, 0.25) is 0 Å². The SMILES string of the molecule is CC[C@H](C(=O)Nc1cc(OC)ccc1OC)n1cnc2oc(C)c(C)c2c1=O. The summed E-state index contributed by atoms with van der Waals surface area (Å²) in [6.07, 6.45) is 1.75. The fourth-order valence-corrected chi connectivity index (χ4v) is 3.11. The van der Waals surface area contributed by atoms with Crippen LogP contribution in [0.3, 0.4) is 0 Å². The number of fused-ring (bicyclic) bond motifs is 1. The highest BCUT2D eigenvalue weighted by Gasteiger charge is 2.24. The molecule has 0 aliphatic carbocycles. The number of hydrogen-bond donors (Lipinski definition) is 1. The summed E-state index contributed by atoms with van der Waals surface area (Å²) in [4.78, 5) is 30.2. The Kier molecular flexibility index (Phi) is 5.39. The number of ether oxygens (including phenoxy) is 2. The van der Waals surface area contributed by atoms with Crippen LogP contribution in [0.25, 0.3) is 11.1 Å². The quantitative estimate of drug-likeness (QED) is 0.700. The molecule has 3 aromatic rings. The van der Waals surface area contributed by atoms with Gasteiger partial charge in [-0.1, -0.05) is 6.92 Å². The monoisotopic (exact) mass is 385 g/mol. The Morgan fingerprint density at radius 2 is 2.04 bits per heavy atom. The van der Waals surface area contributed by atoms with Gasteiger partial charge in [0.2, 0.25) is 11.6 Å². The lowest BCUT2D eigenvalue weighted by atomic mass is 10.1. The van der Waals surface area contributed by atoms with Crippen molar-refractivity contribution in [2.75, 3.05) is 19.5 Å². The van der Waals surface area contributed by atoms with E-state index in [1.807, 2.05) is 6.92 Å². The molecule has 0 aliphatic rings. The molecule has 0 bridgehead atoms. The number of carbonyl (C=O) groups is 1. The first-order valence-electron chi connectivity index (χ1n) is 8.91. The number of anilines is 1. The molecule has 0 aliphatic heterocycles. The molecule has 2 heterocycles. The van der Waals surface area contributed by atoms with Gasteiger partial charge in [-0.05, 0) is 32.4 Å². The molecule has 0 fully saturated rings. The van der Waals surface area contributed by atoms with Gasteiger partial charge in [-0.2, -0.15) is 0 Å². The van der Waals surface area contributed by atoms with Crippen molar-refractivity contribution in [3.05, 3.63) is 46.2 Å². The van der Waals surface area contributed by atoms with E-state index < -0.39 is 6.04 Å². The zero-order valence-electron chi connectivity index (χ0n) is 16.5. The second-order valence-electron chi connectivity index (χ2n) is 6.40. The summed E-state index contributed by atoms with van der Waals surface area (Å²) in [7, 11) is 3.05. The van der Waals surface area contributed by atoms with Gasteiger partial charge in [0.05, 0.1) is 19.9 Å². The highest BCUT2D eigenvalue weighted by molar-refractivity contribution is 5.95. The van der Waals surface area contributed by atoms with E-state index in [1.165, 1.54) is 25.1 Å². The van der Waals surface area contributed by atoms with Crippen LogP contribution in [-0.4, -0.2) is 29.7 Å². The zero-order valence-corrected chi connectivity index (χ0v) is 16.5. The third-order valence-corrected chi connectivity index (χ3v) is 4.80. The minimum absolute atomic E-state index is 0.279. The van der Waals surface area contributed by atoms with Crippen LogP contribution in [0.15, 0.2) is 33.7 Å². The lowest BCUT2D eigenvalue weighted by Gasteiger charge is -2.19. The number of rotatable bonds is 6. The van der Waals surface area contributed by atoms with E-state index in [9.17, 15) is 9.59 Å². The second-order valence-corrected chi connectivity index (χ2v) is 6.40. The predicted octanol–water partition coefficient (Wildman–Crippen LogP) is 3.21. The third kappa shape index (κ3) is 3.33. The summed E-state index contributed by atoms with van der Waals surface area (Å²) in [5.74, 6) is 1.35. The Morgan fingerprint density at radius 3 is 2.68 bits per heavy atom. The van der Waals surface area contributed by atoms with Crippen LogP contribution in [-0.2, 0) is 4.79 Å². The van der Waals surface area contributed by atoms with Gasteiger partial charge in [0.1, 0.15) is 35.0 Å². The Labute approximate surface area is 162 Å². The zero-order chi connectivity index (χ0) is 20.4. The van der Waals surface area contributed by atoms with Gasteiger partial charge < -0.3 is 19.2 Å². The van der Waals surface area contributed by atoms with Crippen LogP contribution >= 0.6 is 0 Å². The highest BCUT2D eigenvalue weighted by atomic mass is 16.5. The molecule has 0 radical (unpaired) electrons. The summed E-state index contributed by atoms with van der Waals surface area (Å²) < 4.78 is 17.4. The molecular formula is C20H23N3O5. The summed E-state index contributed by atoms with van der Waals surface area (Å²) in [6, 6.07) is 4.36. The van der Waals surface area contributed by atoms with Crippen LogP contribution in [0.5, 0.6) is 11.5 Å². The van der Waals surface area contributed by atoms with Crippen LogP contribution < -0.4 is 20.3 Å². The number of carbonyl (C=O) groups excluding carboxylic acids is 1. The lowest BCUT2D eigenvalue weighted by molar-refractivity contribution is -0.119. The van der Waals surface area contributed by atoms with Crippen molar-refractivity contribution in [3.63, 3.8) is 0 Å². The molecule has 0 unspecified atom stereocenters. The molecular weight excluding hydrogens is 362 g/mol. The number of hydrogen-bond acceptors (Lipinski definition) is 6. The first kappa shape index (κ1) is 19.5. The van der Waals surface area contributed by atoms with Crippen molar-refractivity contribution in [2.24, 2.45) is 0 Å². The maximum atomic E-state index is 13.0. The Hall–Kier alpha value is -3.29. The number of aromatic nitrogens is 2. The van der Waals surface area contributed by atoms with Crippen molar-refractivity contribution >= 4 is 22.7 Å². The smallest absolute Gasteiger partial charge is 0.265 e. The molecule has 8 nitrogen and oxygen atoms in total. The van der Waals surface area contributed by atoms with Gasteiger partial charge >= 0.3 is 0 Å². The standard InChI is InChI=1S/C20H23N3O5/c1-6-15(18(24)22-14-9-13(26-4)7-8-16(14)27-5)23-10-21-19-17(20(23)25)11(2)12(3)28-19/h7-10,15H,6H2,1-5H3,(H,22,24)/t15-/m1/s1. The van der Waals surface area contributed by atoms with Crippen LogP contribution in [0.4, 0.5) is 5.69 Å². The lowest BCUT2D eigenvalue weighted by Crippen LogP contribution is -2.33. The maximum Gasteiger partial charge on any atom is 0.265 e. The molecule has 2 aromatic heterocycles. The summed E-state index contributed by atoms with van der Waals surface area (Å²) in [5, 5.41) is 3.22. The average molecular weight is 385 g/mol. The number of methoxy groups -OCH3 is 2. The number of furan rings is 1. The van der Waals surface area contributed by atoms with E-state index in [1.54, 1.807) is 32.0 Å². The van der Waals surface area contributed by atoms with Crippen molar-refractivity contribution < 1.29 is 18.7 Å². The van der Waals surface area contributed by atoms with Gasteiger partial charge in [0, 0.05) is 11.6 Å². The normalized spacial score (nSPS) is 12.0. The molecule has 28 heavy (non-hydrogen) atoms. The molecule has 1 N–H and O–H groups in total. The molecule has 8 heteroatoms. The molecule has 1 aromatic carbocycles. The van der Waals surface area contributed by atoms with Gasteiger partial charge in [0.15, 0.2) is 0 Å². The summed E-state index contributed by atoms with van der Waals surface area (Å²) in [6.45, 7) is 5.41. The van der Waals surface area contributed by atoms with E-state index in [0.29, 0.717) is 34.8 Å². The fourth-order valence-electron chi connectivity index (χ4n) is 3.11. The van der Waals surface area contributed by atoms with E-state index in [4.69, 9.17) is 13.9 Å². The van der Waals surface area contributed by atoms with Crippen LogP contribution in [0.1, 0.15) is 30.7 Å². The van der Waals surface area contributed by atoms with Crippen molar-refractivity contribution in [3.8, 4) is 11.5 Å². The Balaban J connectivity index is 1.99. The summed E-state index contributed by atoms with van der Waals surface area (Å²) >= 11 is 0. The summed E-state index contributed by atoms with van der Waals surface area (Å²) in [5.41, 5.74) is 1.16. The molecule has 3 rings (SSSR count). The molecule has 1 amide bonds. The largest absolute Gasteiger partial charge is 0.497 e. The van der Waals surface area contributed by atoms with E-state index in [0.717, 1.165) is 5.56 Å². The number of benzene rings is 1. The molecule has 0 spiro atoms. The number of aryl methyl sites for hydroxylation is 2. The van der Waals surface area contributed by atoms with Gasteiger partial charge in [-0.15, -0.1) is 0 Å². The molecule has 1 atom stereocenters. The van der Waals surface area contributed by atoms with Crippen molar-refractivity contribution in [2.45, 2.75) is 33.2 Å². The first-order chi connectivity index (χ1) is 13.4. The van der Waals surface area contributed by atoms with Crippen LogP contribution in [0, 0.1) is 13.8 Å². The Morgan fingerprint density at radius 1 is 1.29 bits per heavy atom. The average Bonchev–Trinajstić information content (AvgIpc) is 2.98. The van der Waals surface area contributed by atoms with Gasteiger partial charge in [-0.3, -0.25) is 14.2 Å². The minimum atomic E-state index is -0.741. The number of nitrogens with zero attached hydrogens (tertiary/aromatic N) is 2. The van der Waals surface area contributed by atoms with E-state index >= 15 is 0 Å². The molecule has 0 saturated carbocycles. The van der Waals surface area contributed by atoms with Gasteiger partial charge in [-0.25, -0.2) is 4.98 Å². The highest BCUT2D eigenvalue weighted by Crippen LogP contribution is 2.30. The fraction of sp³-hybridized carbons (Fsp3) is 0.350. The predicted molar refractivity (Wildman–Crippen MR) is 105 cm³/mol. The third-order valence-electron chi connectivity index (χ3n) is 4.80. The molecule has 0 saturated heterocycles. The molecule has 148 valence electrons. The number of amides is 1. The van der Waals surface area contributed by atoms with Crippen molar-refractivity contribution in [1.29, 1.82) is 0 Å². The topological polar surface area (TPSA) is 95.6 Å². The first-order valence-corrected chi connectivity index (χ1v) is 8.91. The maximum absolute atomic E-state index is 13.0. The van der Waals surface area contributed by atoms with E-state index in [-0.39, 0.29) is 17.2 Å². The van der Waals surface area contributed by atoms with E-state index in [2.05, 4.69) is 10.3 Å². The van der Waals surface area contributed by atoms with Crippen molar-refractivity contribution in [1.82, 2.24) is 9.55 Å². The Bertz CT molecular complexity index is 1080. The number of nitrogens with one attached hydrogen (secondary N) is 1. The minimum Gasteiger partial charge on any atom is -0.497 e. The second kappa shape index (κ2) is 7.75.